The molecule has 0 saturated heterocycles. The minimum absolute atomic E-state index is 0.0147. The molecule has 0 aliphatic heterocycles. The van der Waals surface area contributed by atoms with Crippen LogP contribution in [0.4, 0.5) is 0 Å². The van der Waals surface area contributed by atoms with E-state index in [0.717, 1.165) is 38.5 Å². The van der Waals surface area contributed by atoms with Gasteiger partial charge in [-0.15, -0.1) is 0 Å². The van der Waals surface area contributed by atoms with Gasteiger partial charge in [-0.25, -0.2) is 14.2 Å². The van der Waals surface area contributed by atoms with Crippen LogP contribution in [0.3, 0.4) is 0 Å². The summed E-state index contributed by atoms with van der Waals surface area (Å²) in [5, 5.41) is 2.67. The van der Waals surface area contributed by atoms with Gasteiger partial charge in [0, 0.05) is 32.2 Å². The van der Waals surface area contributed by atoms with Crippen molar-refractivity contribution >= 4 is 72.4 Å². The Hall–Kier alpha value is -4.71. The molecule has 0 radical (unpaired) electrons. The molecule has 18 nitrogen and oxygen atoms in total. The van der Waals surface area contributed by atoms with E-state index in [9.17, 15) is 38.2 Å². The number of halogens is 2. The van der Waals surface area contributed by atoms with Crippen LogP contribution in [0.5, 0.6) is 11.5 Å². The van der Waals surface area contributed by atoms with Crippen molar-refractivity contribution in [3.8, 4) is 11.5 Å². The van der Waals surface area contributed by atoms with Gasteiger partial charge in [0.15, 0.2) is 17.6 Å². The second-order valence-corrected chi connectivity index (χ2v) is 24.6. The zero-order valence-electron chi connectivity index (χ0n) is 53.9. The number of phosphoric ester groups is 1. The fourth-order valence-electron chi connectivity index (χ4n) is 10.1. The summed E-state index contributed by atoms with van der Waals surface area (Å²) in [5.74, 6) is -3.58. The van der Waals surface area contributed by atoms with Gasteiger partial charge in [0.05, 0.1) is 64.7 Å². The molecule has 21 heteroatoms. The number of phosphoric acid groups is 1. The number of methoxy groups -OCH3 is 4. The molecule has 1 amide bonds. The average Bonchev–Trinajstić information content (AvgIpc) is 2.73. The topological polar surface area (TPSA) is 235 Å². The monoisotopic (exact) mass is 1300 g/mol. The third-order valence-electron chi connectivity index (χ3n) is 15.0. The summed E-state index contributed by atoms with van der Waals surface area (Å²) in [5.41, 5.74) is 1.23. The first-order valence-electron chi connectivity index (χ1n) is 32.6. The number of rotatable bonds is 54. The molecule has 2 aromatic rings. The molecule has 0 aromatic heterocycles. The maximum atomic E-state index is 13.0. The predicted molar refractivity (Wildman–Crippen MR) is 345 cm³/mol. The van der Waals surface area contributed by atoms with Crippen molar-refractivity contribution in [2.45, 2.75) is 245 Å². The normalized spacial score (nSPS) is 12.1. The molecule has 2 N–H and O–H groups in total. The largest absolute Gasteiger partial charge is 0.494 e. The molecule has 2 unspecified atom stereocenters. The second kappa shape index (κ2) is 50.0. The molecule has 2 atom stereocenters. The molecule has 0 heterocycles. The highest BCUT2D eigenvalue weighted by molar-refractivity contribution is 7.47. The van der Waals surface area contributed by atoms with Crippen molar-refractivity contribution in [2.75, 3.05) is 61.4 Å². The molecular weight excluding hydrogens is 1190 g/mol. The van der Waals surface area contributed by atoms with Gasteiger partial charge in [0.25, 0.3) is 0 Å². The first-order valence-corrected chi connectivity index (χ1v) is 34.8. The number of unbranched alkanes of at least 4 members (excludes halogenated alkanes) is 28. The summed E-state index contributed by atoms with van der Waals surface area (Å²) in [7, 11) is 0.354. The highest BCUT2D eigenvalue weighted by atomic mass is 35.5. The Morgan fingerprint density at radius 3 is 1.31 bits per heavy atom. The fraction of sp³-hybridized carbons (Fsp3) is 0.701. The summed E-state index contributed by atoms with van der Waals surface area (Å²) in [6.07, 6.45) is 36.2. The average molecular weight is 1300 g/mol. The molecule has 0 fully saturated rings. The summed E-state index contributed by atoms with van der Waals surface area (Å²) in [6.45, 7) is 2.72. The lowest BCUT2D eigenvalue weighted by atomic mass is 9.93. The van der Waals surface area contributed by atoms with Gasteiger partial charge >= 0.3 is 37.7 Å². The van der Waals surface area contributed by atoms with Crippen LogP contribution in [0.15, 0.2) is 30.3 Å². The second-order valence-electron chi connectivity index (χ2n) is 22.3. The van der Waals surface area contributed by atoms with Crippen molar-refractivity contribution < 1.29 is 80.4 Å². The molecule has 0 aliphatic rings. The van der Waals surface area contributed by atoms with Gasteiger partial charge in [-0.3, -0.25) is 28.2 Å². The van der Waals surface area contributed by atoms with Crippen LogP contribution in [0, 0.1) is 0 Å². The maximum Gasteiger partial charge on any atom is 0.472 e. The highest BCUT2D eigenvalue weighted by Crippen LogP contribution is 2.43. The molecule has 2 aromatic carbocycles. The van der Waals surface area contributed by atoms with Crippen molar-refractivity contribution in [1.29, 1.82) is 0 Å². The Balaban J connectivity index is 1.88. The molecule has 0 aliphatic carbocycles. The number of carbonyl (C=O) groups is 6. The van der Waals surface area contributed by atoms with E-state index in [2.05, 4.69) is 19.2 Å². The molecule has 2 rings (SSSR count). The molecule has 88 heavy (non-hydrogen) atoms. The standard InChI is InChI=1S/C67H106Cl2NO17P/c1-7-9-11-13-15-17-19-21-23-25-27-29-31-33-35-39-61(72)84-50-54(87-63(74)40-36-34-32-30-28-26-24-22-20-18-16-14-12-10-8-2)51-86-88(77,78)85-45-43-70-60(71)41-42-62(73)83-44-37-38-55(52-46-56(66(75)81-5)64(79-3)58(68)48-52)53-47-57(67(76)82-6)65(80-4)59(69)49-53/h38,46-49,54H,7-37,39-45,50-51H2,1-6H3,(H,70,71)(H,77,78). The molecule has 500 valence electrons. The first kappa shape index (κ1) is 79.4. The van der Waals surface area contributed by atoms with E-state index < -0.39 is 62.9 Å². The van der Waals surface area contributed by atoms with Gasteiger partial charge in [-0.1, -0.05) is 223 Å². The van der Waals surface area contributed by atoms with E-state index in [0.29, 0.717) is 29.5 Å². The van der Waals surface area contributed by atoms with E-state index in [-0.39, 0.29) is 84.5 Å². The number of amides is 1. The first-order chi connectivity index (χ1) is 42.5. The van der Waals surface area contributed by atoms with E-state index >= 15 is 0 Å². The van der Waals surface area contributed by atoms with Crippen LogP contribution in [0.2, 0.25) is 10.0 Å². The van der Waals surface area contributed by atoms with Crippen molar-refractivity contribution in [3.63, 3.8) is 0 Å². The number of nitrogens with one attached hydrogen (secondary N) is 1. The molecule has 0 spiro atoms. The fourth-order valence-corrected chi connectivity index (χ4v) is 11.4. The third-order valence-corrected chi connectivity index (χ3v) is 16.6. The van der Waals surface area contributed by atoms with Gasteiger partial charge in [0.1, 0.15) is 17.7 Å². The Morgan fingerprint density at radius 1 is 0.500 bits per heavy atom. The summed E-state index contributed by atoms with van der Waals surface area (Å²) < 4.78 is 60.3. The maximum absolute atomic E-state index is 13.0. The van der Waals surface area contributed by atoms with Crippen LogP contribution >= 0.6 is 31.0 Å². The van der Waals surface area contributed by atoms with Gasteiger partial charge in [-0.05, 0) is 53.8 Å². The lowest BCUT2D eigenvalue weighted by molar-refractivity contribution is -0.161. The van der Waals surface area contributed by atoms with Crippen LogP contribution in [-0.2, 0) is 56.5 Å². The SMILES string of the molecule is CCCCCCCCCCCCCCCCCC(=O)OCC(COP(=O)(O)OCCNC(=O)CCC(=O)OCCC=C(c1cc(Cl)c(OC)c(C(=O)OC)c1)c1cc(Cl)c(OC)c(C(=O)OC)c1)OC(=O)CCCCCCCCCCCCCCCCC. The summed E-state index contributed by atoms with van der Waals surface area (Å²) in [6, 6.07) is 6.05. The van der Waals surface area contributed by atoms with Crippen LogP contribution in [0.25, 0.3) is 5.57 Å². The number of carbonyl (C=O) groups excluding carboxylic acids is 6. The highest BCUT2D eigenvalue weighted by Gasteiger charge is 2.27. The molecule has 0 bridgehead atoms. The minimum Gasteiger partial charge on any atom is -0.494 e. The summed E-state index contributed by atoms with van der Waals surface area (Å²) in [4.78, 5) is 87.3. The number of esters is 5. The molecule has 0 saturated carbocycles. The van der Waals surface area contributed by atoms with E-state index in [4.69, 9.17) is 65.4 Å². The Morgan fingerprint density at radius 2 is 0.898 bits per heavy atom. The lowest BCUT2D eigenvalue weighted by Crippen LogP contribution is -2.30. The number of ether oxygens (including phenoxy) is 7. The van der Waals surface area contributed by atoms with Crippen molar-refractivity contribution in [3.05, 3.63) is 62.6 Å². The minimum atomic E-state index is -4.75. The van der Waals surface area contributed by atoms with Gasteiger partial charge < -0.3 is 43.4 Å². The van der Waals surface area contributed by atoms with Gasteiger partial charge in [-0.2, -0.15) is 0 Å². The Labute approximate surface area is 535 Å². The van der Waals surface area contributed by atoms with Crippen molar-refractivity contribution in [2.24, 2.45) is 0 Å². The van der Waals surface area contributed by atoms with E-state index in [1.165, 1.54) is 194 Å². The molecular formula is C67H106Cl2NO17P. The van der Waals surface area contributed by atoms with Crippen molar-refractivity contribution in [1.82, 2.24) is 5.32 Å². The zero-order chi connectivity index (χ0) is 64.6. The quantitative estimate of drug-likeness (QED) is 0.0271. The third kappa shape index (κ3) is 36.2. The number of hydrogen-bond acceptors (Lipinski definition) is 16. The summed E-state index contributed by atoms with van der Waals surface area (Å²) >= 11 is 13.1. The van der Waals surface area contributed by atoms with Crippen LogP contribution in [-0.4, -0.2) is 108 Å². The van der Waals surface area contributed by atoms with Crippen LogP contribution in [0.1, 0.15) is 270 Å². The van der Waals surface area contributed by atoms with Crippen LogP contribution < -0.4 is 14.8 Å². The Kier molecular flexibility index (Phi) is 45.1. The number of hydrogen-bond donors (Lipinski definition) is 2. The van der Waals surface area contributed by atoms with E-state index in [1.54, 1.807) is 6.08 Å². The predicted octanol–water partition coefficient (Wildman–Crippen LogP) is 17.0. The zero-order valence-corrected chi connectivity index (χ0v) is 56.3. The smallest absolute Gasteiger partial charge is 0.472 e. The van der Waals surface area contributed by atoms with Gasteiger partial charge in [0.2, 0.25) is 5.91 Å². The lowest BCUT2D eigenvalue weighted by Gasteiger charge is -2.20. The van der Waals surface area contributed by atoms with E-state index in [1.807, 2.05) is 0 Å². The number of benzene rings is 2. The Bertz CT molecular complexity index is 2330.